The molecule has 0 radical (unpaired) electrons. The molecule has 0 atom stereocenters. The van der Waals surface area contributed by atoms with Crippen molar-refractivity contribution in [3.63, 3.8) is 0 Å². The van der Waals surface area contributed by atoms with Gasteiger partial charge in [-0.25, -0.2) is 14.4 Å². The molecule has 1 aromatic heterocycles. The first-order valence-electron chi connectivity index (χ1n) is 4.64. The second kappa shape index (κ2) is 4.77. The summed E-state index contributed by atoms with van der Waals surface area (Å²) in [6, 6.07) is 4.88. The largest absolute Gasteiger partial charge is 0.230 e. The zero-order valence-electron chi connectivity index (χ0n) is 8.64. The van der Waals surface area contributed by atoms with Gasteiger partial charge < -0.3 is 0 Å². The standard InChI is InChI=1S/C11H6Cl3FN2/c1-5-9(15)10(14)17-11(16-5)7-3-2-6(12)4-8(7)13/h2-4H,1H3. The van der Waals surface area contributed by atoms with E-state index in [-0.39, 0.29) is 16.7 Å². The van der Waals surface area contributed by atoms with E-state index in [9.17, 15) is 4.39 Å². The number of aryl methyl sites for hydroxylation is 1. The van der Waals surface area contributed by atoms with Crippen LogP contribution in [0.5, 0.6) is 0 Å². The maximum Gasteiger partial charge on any atom is 0.181 e. The number of aromatic nitrogens is 2. The van der Waals surface area contributed by atoms with Gasteiger partial charge in [0.25, 0.3) is 0 Å². The normalized spacial score (nSPS) is 10.6. The topological polar surface area (TPSA) is 25.8 Å². The highest BCUT2D eigenvalue weighted by Crippen LogP contribution is 2.29. The first kappa shape index (κ1) is 12.6. The molecule has 0 saturated carbocycles. The first-order chi connectivity index (χ1) is 7.99. The smallest absolute Gasteiger partial charge is 0.181 e. The Balaban J connectivity index is 2.61. The molecule has 2 rings (SSSR count). The monoisotopic (exact) mass is 290 g/mol. The second-order valence-electron chi connectivity index (χ2n) is 3.36. The third-order valence-electron chi connectivity index (χ3n) is 2.15. The van der Waals surface area contributed by atoms with Gasteiger partial charge in [0, 0.05) is 10.6 Å². The molecule has 0 bridgehead atoms. The van der Waals surface area contributed by atoms with Crippen LogP contribution in [0.3, 0.4) is 0 Å². The van der Waals surface area contributed by atoms with Gasteiger partial charge in [0.2, 0.25) is 0 Å². The minimum Gasteiger partial charge on any atom is -0.230 e. The lowest BCUT2D eigenvalue weighted by Crippen LogP contribution is -1.97. The van der Waals surface area contributed by atoms with E-state index in [0.29, 0.717) is 15.6 Å². The number of hydrogen-bond acceptors (Lipinski definition) is 2. The van der Waals surface area contributed by atoms with E-state index in [1.807, 2.05) is 0 Å². The fourth-order valence-corrected chi connectivity index (χ4v) is 2.03. The summed E-state index contributed by atoms with van der Waals surface area (Å²) in [5, 5.41) is 0.668. The van der Waals surface area contributed by atoms with E-state index < -0.39 is 5.82 Å². The molecule has 1 aromatic carbocycles. The van der Waals surface area contributed by atoms with Crippen LogP contribution in [-0.4, -0.2) is 9.97 Å². The van der Waals surface area contributed by atoms with E-state index in [1.54, 1.807) is 18.2 Å². The van der Waals surface area contributed by atoms with Crippen molar-refractivity contribution in [3.8, 4) is 11.4 Å². The van der Waals surface area contributed by atoms with Gasteiger partial charge in [-0.1, -0.05) is 34.8 Å². The number of nitrogens with zero attached hydrogens (tertiary/aromatic N) is 2. The summed E-state index contributed by atoms with van der Waals surface area (Å²) in [5.74, 6) is -0.351. The molecule has 6 heteroatoms. The van der Waals surface area contributed by atoms with Crippen molar-refractivity contribution in [1.29, 1.82) is 0 Å². The Kier molecular flexibility index (Phi) is 3.52. The SMILES string of the molecule is Cc1nc(-c2ccc(Cl)cc2Cl)nc(Cl)c1F. The van der Waals surface area contributed by atoms with Gasteiger partial charge in [0.1, 0.15) is 0 Å². The van der Waals surface area contributed by atoms with Crippen molar-refractivity contribution in [2.24, 2.45) is 0 Å². The molecule has 0 fully saturated rings. The molecular formula is C11H6Cl3FN2. The van der Waals surface area contributed by atoms with Crippen molar-refractivity contribution >= 4 is 34.8 Å². The van der Waals surface area contributed by atoms with Crippen LogP contribution in [0, 0.1) is 12.7 Å². The zero-order valence-corrected chi connectivity index (χ0v) is 10.9. The van der Waals surface area contributed by atoms with Crippen LogP contribution in [0.15, 0.2) is 18.2 Å². The third kappa shape index (κ3) is 2.51. The molecule has 2 nitrogen and oxygen atoms in total. The molecule has 17 heavy (non-hydrogen) atoms. The third-order valence-corrected chi connectivity index (χ3v) is 2.95. The summed E-state index contributed by atoms with van der Waals surface area (Å²) in [5.41, 5.74) is 0.729. The minimum absolute atomic E-state index is 0.172. The summed E-state index contributed by atoms with van der Waals surface area (Å²) < 4.78 is 13.3. The summed E-state index contributed by atoms with van der Waals surface area (Å²) in [6.07, 6.45) is 0. The highest BCUT2D eigenvalue weighted by molar-refractivity contribution is 6.36. The van der Waals surface area contributed by atoms with Crippen LogP contribution in [0.2, 0.25) is 15.2 Å². The molecule has 0 saturated heterocycles. The Morgan fingerprint density at radius 2 is 1.82 bits per heavy atom. The van der Waals surface area contributed by atoms with E-state index in [4.69, 9.17) is 34.8 Å². The van der Waals surface area contributed by atoms with Gasteiger partial charge in [0.15, 0.2) is 16.8 Å². The van der Waals surface area contributed by atoms with E-state index in [2.05, 4.69) is 9.97 Å². The van der Waals surface area contributed by atoms with Crippen LogP contribution in [0.4, 0.5) is 4.39 Å². The van der Waals surface area contributed by atoms with E-state index in [1.165, 1.54) is 6.92 Å². The average Bonchev–Trinajstić information content (AvgIpc) is 2.25. The molecule has 2 aromatic rings. The molecule has 0 N–H and O–H groups in total. The number of benzene rings is 1. The van der Waals surface area contributed by atoms with E-state index in [0.717, 1.165) is 0 Å². The Hall–Kier alpha value is -0.900. The highest BCUT2D eigenvalue weighted by atomic mass is 35.5. The Morgan fingerprint density at radius 1 is 1.12 bits per heavy atom. The van der Waals surface area contributed by atoms with Crippen molar-refractivity contribution in [2.75, 3.05) is 0 Å². The van der Waals surface area contributed by atoms with Gasteiger partial charge >= 0.3 is 0 Å². The minimum atomic E-state index is -0.625. The fraction of sp³-hybridized carbons (Fsp3) is 0.0909. The lowest BCUT2D eigenvalue weighted by molar-refractivity contribution is 0.603. The van der Waals surface area contributed by atoms with Crippen molar-refractivity contribution in [2.45, 2.75) is 6.92 Å². The maximum absolute atomic E-state index is 13.3. The highest BCUT2D eigenvalue weighted by Gasteiger charge is 2.13. The molecule has 88 valence electrons. The van der Waals surface area contributed by atoms with Crippen LogP contribution >= 0.6 is 34.8 Å². The molecular weight excluding hydrogens is 285 g/mol. The molecule has 0 aliphatic carbocycles. The molecule has 0 unspecified atom stereocenters. The van der Waals surface area contributed by atoms with Crippen LogP contribution in [0.25, 0.3) is 11.4 Å². The van der Waals surface area contributed by atoms with Crippen molar-refractivity contribution in [3.05, 3.63) is 44.9 Å². The second-order valence-corrected chi connectivity index (χ2v) is 4.56. The van der Waals surface area contributed by atoms with Crippen molar-refractivity contribution < 1.29 is 4.39 Å². The Morgan fingerprint density at radius 3 is 2.41 bits per heavy atom. The van der Waals surface area contributed by atoms with Crippen LogP contribution in [-0.2, 0) is 0 Å². The lowest BCUT2D eigenvalue weighted by Gasteiger charge is -2.06. The average molecular weight is 292 g/mol. The van der Waals surface area contributed by atoms with Gasteiger partial charge in [0.05, 0.1) is 10.7 Å². The maximum atomic E-state index is 13.3. The quantitative estimate of drug-likeness (QED) is 0.720. The van der Waals surface area contributed by atoms with Gasteiger partial charge in [-0.3, -0.25) is 0 Å². The number of rotatable bonds is 1. The van der Waals surface area contributed by atoms with Crippen LogP contribution in [0.1, 0.15) is 5.69 Å². The van der Waals surface area contributed by atoms with E-state index >= 15 is 0 Å². The van der Waals surface area contributed by atoms with Gasteiger partial charge in [-0.15, -0.1) is 0 Å². The molecule has 0 amide bonds. The molecule has 1 heterocycles. The Bertz CT molecular complexity index is 564. The number of hydrogen-bond donors (Lipinski definition) is 0. The Labute approximate surface area is 112 Å². The summed E-state index contributed by atoms with van der Waals surface area (Å²) in [6.45, 7) is 1.51. The molecule has 0 aliphatic rings. The lowest BCUT2D eigenvalue weighted by atomic mass is 10.2. The van der Waals surface area contributed by atoms with Crippen LogP contribution < -0.4 is 0 Å². The van der Waals surface area contributed by atoms with Gasteiger partial charge in [-0.2, -0.15) is 0 Å². The molecule has 0 aliphatic heterocycles. The summed E-state index contributed by atoms with van der Waals surface area (Å²) in [7, 11) is 0. The fourth-order valence-electron chi connectivity index (χ4n) is 1.32. The predicted octanol–water partition coefficient (Wildman–Crippen LogP) is 4.55. The van der Waals surface area contributed by atoms with Crippen molar-refractivity contribution in [1.82, 2.24) is 9.97 Å². The molecule has 0 spiro atoms. The number of halogens is 4. The zero-order chi connectivity index (χ0) is 12.6. The summed E-state index contributed by atoms with van der Waals surface area (Å²) in [4.78, 5) is 7.84. The predicted molar refractivity (Wildman–Crippen MR) is 67.2 cm³/mol. The van der Waals surface area contributed by atoms with Gasteiger partial charge in [-0.05, 0) is 25.1 Å². The first-order valence-corrected chi connectivity index (χ1v) is 5.77. The summed E-state index contributed by atoms with van der Waals surface area (Å²) >= 11 is 17.4.